The SMILES string of the molecule is Cc1nc2ccc(C(=O)N3CCN(Cc4c(F)cccc4Cl)CC3)cc2nc1C. The van der Waals surface area contributed by atoms with Crippen LogP contribution in [0.25, 0.3) is 11.0 Å². The number of hydrogen-bond donors (Lipinski definition) is 0. The first-order valence-corrected chi connectivity index (χ1v) is 9.99. The van der Waals surface area contributed by atoms with Crippen LogP contribution in [-0.4, -0.2) is 51.9 Å². The van der Waals surface area contributed by atoms with Gasteiger partial charge in [-0.15, -0.1) is 0 Å². The fourth-order valence-corrected chi connectivity index (χ4v) is 3.79. The van der Waals surface area contributed by atoms with Crippen LogP contribution in [0.1, 0.15) is 27.3 Å². The Morgan fingerprint density at radius 1 is 1.03 bits per heavy atom. The molecule has 7 heteroatoms. The summed E-state index contributed by atoms with van der Waals surface area (Å²) in [6.07, 6.45) is 0. The van der Waals surface area contributed by atoms with Crippen LogP contribution in [0, 0.1) is 19.7 Å². The van der Waals surface area contributed by atoms with Gasteiger partial charge in [-0.05, 0) is 44.2 Å². The molecule has 1 aromatic heterocycles. The van der Waals surface area contributed by atoms with Gasteiger partial charge in [-0.1, -0.05) is 17.7 Å². The lowest BCUT2D eigenvalue weighted by Crippen LogP contribution is -2.48. The molecule has 1 amide bonds. The van der Waals surface area contributed by atoms with Gasteiger partial charge in [0.05, 0.1) is 22.4 Å². The second-order valence-corrected chi connectivity index (χ2v) is 7.77. The lowest BCUT2D eigenvalue weighted by molar-refractivity contribution is 0.0627. The highest BCUT2D eigenvalue weighted by Crippen LogP contribution is 2.22. The van der Waals surface area contributed by atoms with Crippen LogP contribution in [-0.2, 0) is 6.54 Å². The number of piperazine rings is 1. The zero-order chi connectivity index (χ0) is 20.5. The molecule has 0 atom stereocenters. The van der Waals surface area contributed by atoms with Crippen LogP contribution in [0.15, 0.2) is 36.4 Å². The summed E-state index contributed by atoms with van der Waals surface area (Å²) in [5, 5.41) is 0.436. The van der Waals surface area contributed by atoms with E-state index in [9.17, 15) is 9.18 Å². The van der Waals surface area contributed by atoms with E-state index in [0.29, 0.717) is 48.9 Å². The van der Waals surface area contributed by atoms with Gasteiger partial charge in [0.25, 0.3) is 5.91 Å². The molecule has 4 rings (SSSR count). The van der Waals surface area contributed by atoms with Crippen molar-refractivity contribution in [2.45, 2.75) is 20.4 Å². The van der Waals surface area contributed by atoms with Gasteiger partial charge in [0, 0.05) is 48.9 Å². The number of halogens is 2. The number of nitrogens with zero attached hydrogens (tertiary/aromatic N) is 4. The minimum absolute atomic E-state index is 0.0181. The number of hydrogen-bond acceptors (Lipinski definition) is 4. The topological polar surface area (TPSA) is 49.3 Å². The Kier molecular flexibility index (Phi) is 5.48. The fraction of sp³-hybridized carbons (Fsp3) is 0.318. The van der Waals surface area contributed by atoms with Crippen molar-refractivity contribution in [2.75, 3.05) is 26.2 Å². The smallest absolute Gasteiger partial charge is 0.254 e. The van der Waals surface area contributed by atoms with E-state index in [1.165, 1.54) is 6.07 Å². The highest BCUT2D eigenvalue weighted by atomic mass is 35.5. The van der Waals surface area contributed by atoms with Crippen LogP contribution in [0.4, 0.5) is 4.39 Å². The van der Waals surface area contributed by atoms with Crippen molar-refractivity contribution in [3.8, 4) is 0 Å². The number of benzene rings is 2. The summed E-state index contributed by atoms with van der Waals surface area (Å²) in [5.41, 5.74) is 4.39. The van der Waals surface area contributed by atoms with Crippen molar-refractivity contribution in [3.05, 3.63) is 69.8 Å². The van der Waals surface area contributed by atoms with Gasteiger partial charge >= 0.3 is 0 Å². The lowest BCUT2D eigenvalue weighted by Gasteiger charge is -2.35. The summed E-state index contributed by atoms with van der Waals surface area (Å²) in [5.74, 6) is -0.311. The Hall–Kier alpha value is -2.57. The van der Waals surface area contributed by atoms with Crippen molar-refractivity contribution in [1.29, 1.82) is 0 Å². The van der Waals surface area contributed by atoms with Gasteiger partial charge in [-0.3, -0.25) is 9.69 Å². The maximum Gasteiger partial charge on any atom is 0.254 e. The molecule has 1 saturated heterocycles. The molecule has 5 nitrogen and oxygen atoms in total. The monoisotopic (exact) mass is 412 g/mol. The molecule has 0 radical (unpaired) electrons. The Labute approximate surface area is 174 Å². The molecular weight excluding hydrogens is 391 g/mol. The fourth-order valence-electron chi connectivity index (χ4n) is 3.56. The predicted octanol–water partition coefficient (Wildman–Crippen LogP) is 4.00. The number of amides is 1. The molecule has 1 aliphatic heterocycles. The van der Waals surface area contributed by atoms with Gasteiger partial charge in [0.1, 0.15) is 5.82 Å². The number of rotatable bonds is 3. The molecule has 1 fully saturated rings. The second kappa shape index (κ2) is 8.05. The summed E-state index contributed by atoms with van der Waals surface area (Å²) >= 11 is 6.13. The molecule has 0 bridgehead atoms. The van der Waals surface area contributed by atoms with E-state index in [0.717, 1.165) is 22.4 Å². The summed E-state index contributed by atoms with van der Waals surface area (Å²) in [4.78, 5) is 26.0. The molecule has 2 heterocycles. The lowest BCUT2D eigenvalue weighted by atomic mass is 10.1. The van der Waals surface area contributed by atoms with E-state index in [-0.39, 0.29) is 11.7 Å². The van der Waals surface area contributed by atoms with Crippen molar-refractivity contribution in [3.63, 3.8) is 0 Å². The van der Waals surface area contributed by atoms with E-state index in [1.807, 2.05) is 30.9 Å². The van der Waals surface area contributed by atoms with Crippen LogP contribution < -0.4 is 0 Å². The van der Waals surface area contributed by atoms with Crippen LogP contribution in [0.3, 0.4) is 0 Å². The Balaban J connectivity index is 1.44. The van der Waals surface area contributed by atoms with E-state index in [4.69, 9.17) is 11.6 Å². The first-order chi connectivity index (χ1) is 13.9. The van der Waals surface area contributed by atoms with Crippen molar-refractivity contribution >= 4 is 28.5 Å². The van der Waals surface area contributed by atoms with Crippen molar-refractivity contribution in [1.82, 2.24) is 19.8 Å². The third-order valence-corrected chi connectivity index (χ3v) is 5.78. The Morgan fingerprint density at radius 3 is 2.41 bits per heavy atom. The summed E-state index contributed by atoms with van der Waals surface area (Å²) in [7, 11) is 0. The van der Waals surface area contributed by atoms with Crippen molar-refractivity contribution < 1.29 is 9.18 Å². The first kappa shape index (κ1) is 19.7. The quantitative estimate of drug-likeness (QED) is 0.652. The highest BCUT2D eigenvalue weighted by molar-refractivity contribution is 6.31. The molecule has 29 heavy (non-hydrogen) atoms. The minimum Gasteiger partial charge on any atom is -0.336 e. The number of carbonyl (C=O) groups is 1. The van der Waals surface area contributed by atoms with Gasteiger partial charge in [0.2, 0.25) is 0 Å². The number of aromatic nitrogens is 2. The highest BCUT2D eigenvalue weighted by Gasteiger charge is 2.23. The third-order valence-electron chi connectivity index (χ3n) is 5.43. The van der Waals surface area contributed by atoms with Crippen LogP contribution in [0.5, 0.6) is 0 Å². The molecular formula is C22H22ClFN4O. The maximum atomic E-state index is 14.0. The summed E-state index contributed by atoms with van der Waals surface area (Å²) in [6.45, 7) is 6.79. The van der Waals surface area contributed by atoms with E-state index in [2.05, 4.69) is 14.9 Å². The minimum atomic E-state index is -0.293. The first-order valence-electron chi connectivity index (χ1n) is 9.62. The molecule has 0 N–H and O–H groups in total. The van der Waals surface area contributed by atoms with Gasteiger partial charge in [-0.2, -0.15) is 0 Å². The van der Waals surface area contributed by atoms with E-state index >= 15 is 0 Å². The third kappa shape index (κ3) is 4.09. The van der Waals surface area contributed by atoms with E-state index in [1.54, 1.807) is 18.2 Å². The molecule has 0 unspecified atom stereocenters. The number of fused-ring (bicyclic) bond motifs is 1. The zero-order valence-electron chi connectivity index (χ0n) is 16.5. The molecule has 150 valence electrons. The zero-order valence-corrected chi connectivity index (χ0v) is 17.2. The summed E-state index contributed by atoms with van der Waals surface area (Å²) < 4.78 is 14.0. The van der Waals surface area contributed by atoms with Gasteiger partial charge < -0.3 is 4.90 Å². The van der Waals surface area contributed by atoms with Crippen LogP contribution >= 0.6 is 11.6 Å². The van der Waals surface area contributed by atoms with Gasteiger partial charge in [0.15, 0.2) is 0 Å². The molecule has 0 spiro atoms. The Morgan fingerprint density at radius 2 is 1.72 bits per heavy atom. The average molecular weight is 413 g/mol. The maximum absolute atomic E-state index is 14.0. The Bertz CT molecular complexity index is 1060. The second-order valence-electron chi connectivity index (χ2n) is 7.37. The molecule has 0 aliphatic carbocycles. The van der Waals surface area contributed by atoms with Gasteiger partial charge in [-0.25, -0.2) is 14.4 Å². The van der Waals surface area contributed by atoms with Crippen molar-refractivity contribution in [2.24, 2.45) is 0 Å². The normalized spacial score (nSPS) is 15.1. The summed E-state index contributed by atoms with van der Waals surface area (Å²) in [6, 6.07) is 10.2. The largest absolute Gasteiger partial charge is 0.336 e. The molecule has 0 saturated carbocycles. The van der Waals surface area contributed by atoms with E-state index < -0.39 is 0 Å². The molecule has 1 aliphatic rings. The molecule has 2 aromatic carbocycles. The number of carbonyl (C=O) groups excluding carboxylic acids is 1. The van der Waals surface area contributed by atoms with Crippen LogP contribution in [0.2, 0.25) is 5.02 Å². The molecule has 3 aromatic rings. The predicted molar refractivity (Wildman–Crippen MR) is 112 cm³/mol. The number of aryl methyl sites for hydroxylation is 2. The standard InChI is InChI=1S/C22H22ClFN4O/c1-14-15(2)26-21-12-16(6-7-20(21)25-14)22(29)28-10-8-27(9-11-28)13-17-18(23)4-3-5-19(17)24/h3-7,12H,8-11,13H2,1-2H3. The average Bonchev–Trinajstić information content (AvgIpc) is 2.71.